The maximum Gasteiger partial charge on any atom is 0.292 e. The van der Waals surface area contributed by atoms with E-state index in [2.05, 4.69) is 5.32 Å². The number of hydrogen-bond acceptors (Lipinski definition) is 6. The summed E-state index contributed by atoms with van der Waals surface area (Å²) in [6.45, 7) is 2.46. The van der Waals surface area contributed by atoms with E-state index in [0.29, 0.717) is 25.1 Å². The fourth-order valence-electron chi connectivity index (χ4n) is 2.34. The van der Waals surface area contributed by atoms with Crippen LogP contribution < -0.4 is 11.1 Å². The van der Waals surface area contributed by atoms with Crippen molar-refractivity contribution in [3.63, 3.8) is 0 Å². The van der Waals surface area contributed by atoms with Gasteiger partial charge in [0.05, 0.1) is 4.92 Å². The van der Waals surface area contributed by atoms with E-state index in [9.17, 15) is 15.2 Å². The molecule has 0 saturated carbocycles. The Morgan fingerprint density at radius 1 is 1.43 bits per heavy atom. The van der Waals surface area contributed by atoms with Crippen LogP contribution in [0.25, 0.3) is 0 Å². The summed E-state index contributed by atoms with van der Waals surface area (Å²) in [6, 6.07) is 8.39. The molecule has 2 aromatic rings. The van der Waals surface area contributed by atoms with Gasteiger partial charge in [-0.25, -0.2) is 0 Å². The lowest BCUT2D eigenvalue weighted by Gasteiger charge is -2.17. The summed E-state index contributed by atoms with van der Waals surface area (Å²) in [5.74, 6) is 0. The second kappa shape index (κ2) is 8.05. The zero-order valence-electron chi connectivity index (χ0n) is 12.9. The highest BCUT2D eigenvalue weighted by molar-refractivity contribution is 7.10. The van der Waals surface area contributed by atoms with Gasteiger partial charge in [-0.05, 0) is 42.8 Å². The second-order valence-electron chi connectivity index (χ2n) is 5.47. The predicted octanol–water partition coefficient (Wildman–Crippen LogP) is 3.22. The molecule has 4 N–H and O–H groups in total. The third kappa shape index (κ3) is 4.75. The first-order chi connectivity index (χ1) is 11.0. The minimum absolute atomic E-state index is 0.0681. The van der Waals surface area contributed by atoms with Crippen LogP contribution in [0.4, 0.5) is 11.4 Å². The van der Waals surface area contributed by atoms with Gasteiger partial charge in [-0.15, -0.1) is 11.3 Å². The standard InChI is InChI=1S/C16H21N3O3S/c1-11-6-7-14(19(21)22)13(10-11)18-8-2-4-12(17)16(20)15-5-3-9-23-15/h3,5-7,9-10,12,16,18,20H,2,4,8,17H2,1H3. The Morgan fingerprint density at radius 2 is 2.22 bits per heavy atom. The molecule has 23 heavy (non-hydrogen) atoms. The molecule has 2 atom stereocenters. The Hall–Kier alpha value is -1.96. The second-order valence-corrected chi connectivity index (χ2v) is 6.45. The zero-order chi connectivity index (χ0) is 16.8. The molecule has 0 aliphatic rings. The molecule has 2 rings (SSSR count). The molecule has 1 heterocycles. The van der Waals surface area contributed by atoms with Gasteiger partial charge >= 0.3 is 0 Å². The van der Waals surface area contributed by atoms with E-state index in [1.165, 1.54) is 17.4 Å². The predicted molar refractivity (Wildman–Crippen MR) is 92.8 cm³/mol. The summed E-state index contributed by atoms with van der Waals surface area (Å²) in [4.78, 5) is 11.5. The summed E-state index contributed by atoms with van der Waals surface area (Å²) < 4.78 is 0. The number of benzene rings is 1. The normalized spacial score (nSPS) is 13.5. The summed E-state index contributed by atoms with van der Waals surface area (Å²) in [6.07, 6.45) is 0.684. The van der Waals surface area contributed by atoms with E-state index in [0.717, 1.165) is 10.4 Å². The van der Waals surface area contributed by atoms with Crippen LogP contribution in [0.2, 0.25) is 0 Å². The molecule has 1 aromatic carbocycles. The molecule has 7 heteroatoms. The third-order valence-corrected chi connectivity index (χ3v) is 4.56. The molecule has 124 valence electrons. The van der Waals surface area contributed by atoms with Crippen LogP contribution >= 0.6 is 11.3 Å². The monoisotopic (exact) mass is 335 g/mol. The van der Waals surface area contributed by atoms with Gasteiger partial charge in [-0.1, -0.05) is 12.1 Å². The number of nitro groups is 1. The Labute approximate surface area is 139 Å². The lowest BCUT2D eigenvalue weighted by atomic mass is 10.1. The molecule has 1 aromatic heterocycles. The Balaban J connectivity index is 1.84. The molecule has 0 radical (unpaired) electrons. The zero-order valence-corrected chi connectivity index (χ0v) is 13.8. The number of nitrogens with one attached hydrogen (secondary N) is 1. The number of aliphatic hydroxyl groups is 1. The molecule has 6 nitrogen and oxygen atoms in total. The van der Waals surface area contributed by atoms with Crippen LogP contribution in [-0.4, -0.2) is 22.6 Å². The molecule has 0 bridgehead atoms. The van der Waals surface area contributed by atoms with Crippen molar-refractivity contribution < 1.29 is 10.0 Å². The average molecular weight is 335 g/mol. The first-order valence-corrected chi connectivity index (χ1v) is 8.33. The van der Waals surface area contributed by atoms with Gasteiger partial charge in [-0.2, -0.15) is 0 Å². The van der Waals surface area contributed by atoms with Crippen LogP contribution in [0.15, 0.2) is 35.7 Å². The van der Waals surface area contributed by atoms with Crippen molar-refractivity contribution in [2.45, 2.75) is 31.9 Å². The molecular formula is C16H21N3O3S. The highest BCUT2D eigenvalue weighted by Gasteiger charge is 2.18. The van der Waals surface area contributed by atoms with Gasteiger partial charge in [0.1, 0.15) is 11.8 Å². The maximum absolute atomic E-state index is 11.0. The molecule has 0 spiro atoms. The molecular weight excluding hydrogens is 314 g/mol. The van der Waals surface area contributed by atoms with Crippen LogP contribution in [-0.2, 0) is 0 Å². The fraction of sp³-hybridized carbons (Fsp3) is 0.375. The summed E-state index contributed by atoms with van der Waals surface area (Å²) in [7, 11) is 0. The van der Waals surface area contributed by atoms with Crippen molar-refractivity contribution in [1.29, 1.82) is 0 Å². The molecule has 0 aliphatic carbocycles. The summed E-state index contributed by atoms with van der Waals surface area (Å²) in [5, 5.41) is 26.1. The molecule has 0 aliphatic heterocycles. The number of nitrogens with zero attached hydrogens (tertiary/aromatic N) is 1. The SMILES string of the molecule is Cc1ccc([N+](=O)[O-])c(NCCCC(N)C(O)c2cccs2)c1. The number of anilines is 1. The van der Waals surface area contributed by atoms with Gasteiger partial charge < -0.3 is 16.2 Å². The average Bonchev–Trinajstić information content (AvgIpc) is 3.04. The highest BCUT2D eigenvalue weighted by atomic mass is 32.1. The van der Waals surface area contributed by atoms with Gasteiger partial charge in [0.15, 0.2) is 0 Å². The number of nitro benzene ring substituents is 1. The minimum atomic E-state index is -0.664. The van der Waals surface area contributed by atoms with E-state index >= 15 is 0 Å². The van der Waals surface area contributed by atoms with Crippen molar-refractivity contribution in [3.8, 4) is 0 Å². The quantitative estimate of drug-likeness (QED) is 0.390. The number of aryl methyl sites for hydroxylation is 1. The molecule has 2 unspecified atom stereocenters. The highest BCUT2D eigenvalue weighted by Crippen LogP contribution is 2.26. The van der Waals surface area contributed by atoms with E-state index in [-0.39, 0.29) is 11.7 Å². The largest absolute Gasteiger partial charge is 0.386 e. The van der Waals surface area contributed by atoms with Crippen molar-refractivity contribution >= 4 is 22.7 Å². The van der Waals surface area contributed by atoms with Gasteiger partial charge in [0.25, 0.3) is 5.69 Å². The van der Waals surface area contributed by atoms with E-state index in [1.807, 2.05) is 24.4 Å². The fourth-order valence-corrected chi connectivity index (χ4v) is 3.13. The minimum Gasteiger partial charge on any atom is -0.386 e. The molecule has 0 fully saturated rings. The van der Waals surface area contributed by atoms with Gasteiger partial charge in [0.2, 0.25) is 0 Å². The summed E-state index contributed by atoms with van der Waals surface area (Å²) in [5.41, 5.74) is 7.56. The molecule has 0 amide bonds. The number of aliphatic hydroxyl groups excluding tert-OH is 1. The Morgan fingerprint density at radius 3 is 2.87 bits per heavy atom. The first kappa shape index (κ1) is 17.4. The van der Waals surface area contributed by atoms with Crippen LogP contribution in [0.1, 0.15) is 29.4 Å². The van der Waals surface area contributed by atoms with Crippen LogP contribution in [0.3, 0.4) is 0 Å². The van der Waals surface area contributed by atoms with Crippen LogP contribution in [0, 0.1) is 17.0 Å². The number of nitrogens with two attached hydrogens (primary N) is 1. The van der Waals surface area contributed by atoms with E-state index < -0.39 is 11.0 Å². The maximum atomic E-state index is 11.0. The molecule has 0 saturated heterocycles. The number of hydrogen-bond donors (Lipinski definition) is 3. The van der Waals surface area contributed by atoms with Crippen LogP contribution in [0.5, 0.6) is 0 Å². The summed E-state index contributed by atoms with van der Waals surface area (Å²) >= 11 is 1.48. The lowest BCUT2D eigenvalue weighted by Crippen LogP contribution is -2.28. The van der Waals surface area contributed by atoms with Gasteiger partial charge in [0, 0.05) is 23.5 Å². The van der Waals surface area contributed by atoms with Crippen molar-refractivity contribution in [2.75, 3.05) is 11.9 Å². The topological polar surface area (TPSA) is 101 Å². The smallest absolute Gasteiger partial charge is 0.292 e. The lowest BCUT2D eigenvalue weighted by molar-refractivity contribution is -0.384. The Kier molecular flexibility index (Phi) is 6.09. The van der Waals surface area contributed by atoms with E-state index in [1.54, 1.807) is 12.1 Å². The third-order valence-electron chi connectivity index (χ3n) is 3.62. The Bertz CT molecular complexity index is 646. The number of thiophene rings is 1. The van der Waals surface area contributed by atoms with Crippen molar-refractivity contribution in [1.82, 2.24) is 0 Å². The van der Waals surface area contributed by atoms with Crippen molar-refractivity contribution in [2.24, 2.45) is 5.73 Å². The van der Waals surface area contributed by atoms with Gasteiger partial charge in [-0.3, -0.25) is 10.1 Å². The first-order valence-electron chi connectivity index (χ1n) is 7.45. The van der Waals surface area contributed by atoms with E-state index in [4.69, 9.17) is 5.73 Å². The van der Waals surface area contributed by atoms with Crippen molar-refractivity contribution in [3.05, 3.63) is 56.3 Å². The number of rotatable bonds is 8.